The molecule has 1 aromatic carbocycles. The van der Waals surface area contributed by atoms with Crippen molar-refractivity contribution in [3.05, 3.63) is 29.3 Å². The average molecular weight is 273 g/mol. The standard InChI is InChI=1S/C16H19NO3/c1-17-14-6-5-11(7-12(14)8-15(17)18)13(9-16(19)20)10-3-2-4-10/h5-7,10,13H,2-4,8-9H2,1H3,(H,19,20). The third-order valence-electron chi connectivity index (χ3n) is 4.72. The molecule has 1 heterocycles. The van der Waals surface area contributed by atoms with Crippen molar-refractivity contribution in [3.8, 4) is 0 Å². The molecule has 4 nitrogen and oxygen atoms in total. The molecule has 3 rings (SSSR count). The van der Waals surface area contributed by atoms with Gasteiger partial charge in [0.1, 0.15) is 0 Å². The highest BCUT2D eigenvalue weighted by molar-refractivity contribution is 6.00. The maximum absolute atomic E-state index is 11.7. The first-order chi connectivity index (χ1) is 9.56. The van der Waals surface area contributed by atoms with E-state index in [1.807, 2.05) is 18.2 Å². The van der Waals surface area contributed by atoms with Crippen molar-refractivity contribution in [2.75, 3.05) is 11.9 Å². The van der Waals surface area contributed by atoms with Gasteiger partial charge in [-0.1, -0.05) is 18.6 Å². The van der Waals surface area contributed by atoms with E-state index >= 15 is 0 Å². The number of carbonyl (C=O) groups is 2. The lowest BCUT2D eigenvalue weighted by Gasteiger charge is -2.33. The lowest BCUT2D eigenvalue weighted by Crippen LogP contribution is -2.23. The van der Waals surface area contributed by atoms with E-state index in [1.165, 1.54) is 6.42 Å². The van der Waals surface area contributed by atoms with Crippen LogP contribution < -0.4 is 4.90 Å². The molecular weight excluding hydrogens is 254 g/mol. The van der Waals surface area contributed by atoms with E-state index < -0.39 is 5.97 Å². The topological polar surface area (TPSA) is 57.6 Å². The largest absolute Gasteiger partial charge is 0.481 e. The van der Waals surface area contributed by atoms with Gasteiger partial charge in [0.25, 0.3) is 0 Å². The highest BCUT2D eigenvalue weighted by atomic mass is 16.4. The van der Waals surface area contributed by atoms with Crippen LogP contribution in [0, 0.1) is 5.92 Å². The Morgan fingerprint density at radius 2 is 2.20 bits per heavy atom. The van der Waals surface area contributed by atoms with Crippen molar-refractivity contribution in [3.63, 3.8) is 0 Å². The minimum absolute atomic E-state index is 0.0903. The van der Waals surface area contributed by atoms with Gasteiger partial charge in [0.2, 0.25) is 5.91 Å². The highest BCUT2D eigenvalue weighted by Gasteiger charge is 2.32. The van der Waals surface area contributed by atoms with Crippen LogP contribution in [0.2, 0.25) is 0 Å². The summed E-state index contributed by atoms with van der Waals surface area (Å²) < 4.78 is 0. The molecule has 0 spiro atoms. The molecule has 0 radical (unpaired) electrons. The van der Waals surface area contributed by atoms with E-state index in [9.17, 15) is 9.59 Å². The fourth-order valence-corrected chi connectivity index (χ4v) is 3.31. The van der Waals surface area contributed by atoms with Crippen molar-refractivity contribution in [1.82, 2.24) is 0 Å². The Bertz CT molecular complexity index is 563. The number of hydrogen-bond donors (Lipinski definition) is 1. The lowest BCUT2D eigenvalue weighted by molar-refractivity contribution is -0.138. The first-order valence-electron chi connectivity index (χ1n) is 7.17. The van der Waals surface area contributed by atoms with Crippen LogP contribution in [-0.2, 0) is 16.0 Å². The van der Waals surface area contributed by atoms with E-state index in [1.54, 1.807) is 11.9 Å². The smallest absolute Gasteiger partial charge is 0.303 e. The summed E-state index contributed by atoms with van der Waals surface area (Å²) in [7, 11) is 1.79. The van der Waals surface area contributed by atoms with E-state index in [2.05, 4.69) is 0 Å². The summed E-state index contributed by atoms with van der Waals surface area (Å²) in [6.07, 6.45) is 4.06. The summed E-state index contributed by atoms with van der Waals surface area (Å²) in [5.74, 6) is -0.0577. The number of carboxylic acid groups (broad SMARTS) is 1. The maximum atomic E-state index is 11.7. The maximum Gasteiger partial charge on any atom is 0.303 e. The van der Waals surface area contributed by atoms with Crippen molar-refractivity contribution < 1.29 is 14.7 Å². The van der Waals surface area contributed by atoms with Crippen LogP contribution in [0.1, 0.15) is 42.7 Å². The number of fused-ring (bicyclic) bond motifs is 1. The molecule has 1 saturated carbocycles. The van der Waals surface area contributed by atoms with Gasteiger partial charge >= 0.3 is 5.97 Å². The van der Waals surface area contributed by atoms with Crippen LogP contribution in [0.15, 0.2) is 18.2 Å². The summed E-state index contributed by atoms with van der Waals surface area (Å²) in [5.41, 5.74) is 3.07. The first-order valence-corrected chi connectivity index (χ1v) is 7.17. The molecule has 1 aromatic rings. The Balaban J connectivity index is 1.90. The van der Waals surface area contributed by atoms with Gasteiger partial charge in [-0.25, -0.2) is 0 Å². The number of carboxylic acids is 1. The summed E-state index contributed by atoms with van der Waals surface area (Å²) in [6.45, 7) is 0. The number of nitrogens with zero attached hydrogens (tertiary/aromatic N) is 1. The molecule has 1 N–H and O–H groups in total. The van der Waals surface area contributed by atoms with Crippen molar-refractivity contribution >= 4 is 17.6 Å². The van der Waals surface area contributed by atoms with Crippen LogP contribution >= 0.6 is 0 Å². The predicted molar refractivity (Wildman–Crippen MR) is 75.9 cm³/mol. The van der Waals surface area contributed by atoms with Crippen molar-refractivity contribution in [2.45, 2.75) is 38.0 Å². The van der Waals surface area contributed by atoms with Gasteiger partial charge in [-0.3, -0.25) is 9.59 Å². The number of rotatable bonds is 4. The Hall–Kier alpha value is -1.84. The molecule has 1 aliphatic carbocycles. The molecule has 1 unspecified atom stereocenters. The number of aliphatic carboxylic acids is 1. The molecule has 20 heavy (non-hydrogen) atoms. The SMILES string of the molecule is CN1C(=O)Cc2cc(C(CC(=O)O)C3CCC3)ccc21. The molecule has 1 fully saturated rings. The average Bonchev–Trinajstić information content (AvgIpc) is 2.61. The fourth-order valence-electron chi connectivity index (χ4n) is 3.31. The highest BCUT2D eigenvalue weighted by Crippen LogP contribution is 2.42. The van der Waals surface area contributed by atoms with Crippen LogP contribution in [0.5, 0.6) is 0 Å². The number of anilines is 1. The monoisotopic (exact) mass is 273 g/mol. The molecule has 0 saturated heterocycles. The third kappa shape index (κ3) is 2.19. The second kappa shape index (κ2) is 4.93. The number of likely N-dealkylation sites (N-methyl/N-ethyl adjacent to an activating group) is 1. The van der Waals surface area contributed by atoms with Crippen LogP contribution in [0.4, 0.5) is 5.69 Å². The molecule has 1 amide bonds. The molecular formula is C16H19NO3. The van der Waals surface area contributed by atoms with E-state index in [4.69, 9.17) is 5.11 Å². The van der Waals surface area contributed by atoms with Crippen molar-refractivity contribution in [2.24, 2.45) is 5.92 Å². The van der Waals surface area contributed by atoms with Gasteiger partial charge in [0, 0.05) is 12.7 Å². The lowest BCUT2D eigenvalue weighted by atomic mass is 9.71. The second-order valence-corrected chi connectivity index (χ2v) is 5.91. The zero-order chi connectivity index (χ0) is 14.3. The molecule has 1 aliphatic heterocycles. The van der Waals surface area contributed by atoms with Gasteiger partial charge in [-0.05, 0) is 41.9 Å². The van der Waals surface area contributed by atoms with Gasteiger partial charge in [-0.2, -0.15) is 0 Å². The summed E-state index contributed by atoms with van der Waals surface area (Å²) in [5, 5.41) is 9.13. The molecule has 4 heteroatoms. The molecule has 2 aliphatic rings. The normalized spacial score (nSPS) is 19.6. The van der Waals surface area contributed by atoms with Crippen LogP contribution in [-0.4, -0.2) is 24.0 Å². The molecule has 1 atom stereocenters. The zero-order valence-electron chi connectivity index (χ0n) is 11.6. The van der Waals surface area contributed by atoms with Gasteiger partial charge in [-0.15, -0.1) is 0 Å². The van der Waals surface area contributed by atoms with Gasteiger partial charge < -0.3 is 10.0 Å². The molecule has 0 bridgehead atoms. The number of amides is 1. The summed E-state index contributed by atoms with van der Waals surface area (Å²) >= 11 is 0. The predicted octanol–water partition coefficient (Wildman–Crippen LogP) is 2.56. The van der Waals surface area contributed by atoms with E-state index in [-0.39, 0.29) is 18.2 Å². The van der Waals surface area contributed by atoms with Crippen molar-refractivity contribution in [1.29, 1.82) is 0 Å². The Kier molecular flexibility index (Phi) is 3.24. The van der Waals surface area contributed by atoms with Crippen LogP contribution in [0.25, 0.3) is 0 Å². The number of benzene rings is 1. The van der Waals surface area contributed by atoms with E-state index in [0.717, 1.165) is 29.7 Å². The number of carbonyl (C=O) groups excluding carboxylic acids is 1. The Morgan fingerprint density at radius 3 is 2.80 bits per heavy atom. The fraction of sp³-hybridized carbons (Fsp3) is 0.500. The minimum Gasteiger partial charge on any atom is -0.481 e. The summed E-state index contributed by atoms with van der Waals surface area (Å²) in [4.78, 5) is 24.5. The third-order valence-corrected chi connectivity index (χ3v) is 4.72. The molecule has 0 aromatic heterocycles. The first kappa shape index (κ1) is 13.2. The quantitative estimate of drug-likeness (QED) is 0.917. The second-order valence-electron chi connectivity index (χ2n) is 5.91. The van der Waals surface area contributed by atoms with Gasteiger partial charge in [0.15, 0.2) is 0 Å². The Morgan fingerprint density at radius 1 is 1.45 bits per heavy atom. The number of hydrogen-bond acceptors (Lipinski definition) is 2. The molecule has 106 valence electrons. The zero-order valence-corrected chi connectivity index (χ0v) is 11.6. The van der Waals surface area contributed by atoms with Gasteiger partial charge in [0.05, 0.1) is 12.8 Å². The Labute approximate surface area is 118 Å². The summed E-state index contributed by atoms with van der Waals surface area (Å²) in [6, 6.07) is 6.01. The minimum atomic E-state index is -0.740. The van der Waals surface area contributed by atoms with E-state index in [0.29, 0.717) is 12.3 Å². The van der Waals surface area contributed by atoms with Crippen LogP contribution in [0.3, 0.4) is 0 Å².